The van der Waals surface area contributed by atoms with Crippen LogP contribution in [0.15, 0.2) is 24.3 Å². The molecule has 0 spiro atoms. The van der Waals surface area contributed by atoms with Crippen LogP contribution in [-0.2, 0) is 17.8 Å². The molecule has 0 unspecified atom stereocenters. The Morgan fingerprint density at radius 3 is 2.36 bits per heavy atom. The molecule has 0 aromatic heterocycles. The van der Waals surface area contributed by atoms with Crippen molar-refractivity contribution in [1.29, 1.82) is 0 Å². The van der Waals surface area contributed by atoms with Gasteiger partial charge in [-0.25, -0.2) is 0 Å². The van der Waals surface area contributed by atoms with E-state index in [1.165, 1.54) is 11.1 Å². The molecule has 0 amide bonds. The molecule has 2 heteroatoms. The van der Waals surface area contributed by atoms with E-state index in [2.05, 4.69) is 36.5 Å². The minimum atomic E-state index is 0.431. The summed E-state index contributed by atoms with van der Waals surface area (Å²) in [6.45, 7) is 4.93. The molecule has 0 bridgehead atoms. The standard InChI is InChI=1S/C12H17NO/c1-2-10-3-5-11(6-4-10)9-14-12-7-13-8-12/h3-6,12-13H,2,7-9H2,1H3. The van der Waals surface area contributed by atoms with Crippen molar-refractivity contribution >= 4 is 0 Å². The van der Waals surface area contributed by atoms with E-state index >= 15 is 0 Å². The van der Waals surface area contributed by atoms with E-state index in [4.69, 9.17) is 4.74 Å². The fourth-order valence-corrected chi connectivity index (χ4v) is 1.47. The van der Waals surface area contributed by atoms with E-state index < -0.39 is 0 Å². The van der Waals surface area contributed by atoms with Gasteiger partial charge in [-0.05, 0) is 17.5 Å². The van der Waals surface area contributed by atoms with Crippen molar-refractivity contribution in [3.05, 3.63) is 35.4 Å². The summed E-state index contributed by atoms with van der Waals surface area (Å²) in [5.41, 5.74) is 2.66. The van der Waals surface area contributed by atoms with Gasteiger partial charge in [0.15, 0.2) is 0 Å². The first kappa shape index (κ1) is 9.69. The van der Waals surface area contributed by atoms with Crippen molar-refractivity contribution in [2.45, 2.75) is 26.1 Å². The fraction of sp³-hybridized carbons (Fsp3) is 0.500. The third-order valence-corrected chi connectivity index (χ3v) is 2.66. The van der Waals surface area contributed by atoms with E-state index in [9.17, 15) is 0 Å². The lowest BCUT2D eigenvalue weighted by molar-refractivity contribution is 0.00758. The van der Waals surface area contributed by atoms with Crippen LogP contribution in [0.2, 0.25) is 0 Å². The second kappa shape index (κ2) is 4.58. The van der Waals surface area contributed by atoms with E-state index in [1.807, 2.05) is 0 Å². The molecule has 76 valence electrons. The highest BCUT2D eigenvalue weighted by atomic mass is 16.5. The average molecular weight is 191 g/mol. The molecule has 2 nitrogen and oxygen atoms in total. The minimum absolute atomic E-state index is 0.431. The van der Waals surface area contributed by atoms with Crippen LogP contribution >= 0.6 is 0 Å². The topological polar surface area (TPSA) is 21.3 Å². The lowest BCUT2D eigenvalue weighted by Crippen LogP contribution is -2.48. The molecule has 1 aromatic rings. The summed E-state index contributed by atoms with van der Waals surface area (Å²) in [4.78, 5) is 0. The third kappa shape index (κ3) is 2.34. The summed E-state index contributed by atoms with van der Waals surface area (Å²) >= 11 is 0. The molecule has 2 rings (SSSR count). The highest BCUT2D eigenvalue weighted by Crippen LogP contribution is 2.08. The molecule has 0 saturated carbocycles. The molecule has 1 N–H and O–H groups in total. The van der Waals surface area contributed by atoms with Crippen LogP contribution < -0.4 is 5.32 Å². The Kier molecular flexibility index (Phi) is 3.17. The monoisotopic (exact) mass is 191 g/mol. The van der Waals surface area contributed by atoms with Crippen molar-refractivity contribution in [3.8, 4) is 0 Å². The quantitative estimate of drug-likeness (QED) is 0.782. The first-order valence-corrected chi connectivity index (χ1v) is 5.28. The molecule has 1 aromatic carbocycles. The summed E-state index contributed by atoms with van der Waals surface area (Å²) in [6.07, 6.45) is 1.54. The first-order valence-electron chi connectivity index (χ1n) is 5.28. The molecule has 1 aliphatic rings. The smallest absolute Gasteiger partial charge is 0.0828 e. The molecule has 1 fully saturated rings. The van der Waals surface area contributed by atoms with Crippen LogP contribution in [0.4, 0.5) is 0 Å². The number of hydrogen-bond donors (Lipinski definition) is 1. The zero-order valence-electron chi connectivity index (χ0n) is 8.62. The largest absolute Gasteiger partial charge is 0.371 e. The Morgan fingerprint density at radius 1 is 1.21 bits per heavy atom. The van der Waals surface area contributed by atoms with Gasteiger partial charge in [0.05, 0.1) is 12.7 Å². The molecule has 0 radical (unpaired) electrons. The molecule has 1 heterocycles. The second-order valence-corrected chi connectivity index (χ2v) is 3.76. The number of ether oxygens (including phenoxy) is 1. The van der Waals surface area contributed by atoms with Crippen LogP contribution in [-0.4, -0.2) is 19.2 Å². The Labute approximate surface area is 85.3 Å². The van der Waals surface area contributed by atoms with Gasteiger partial charge in [-0.2, -0.15) is 0 Å². The summed E-state index contributed by atoms with van der Waals surface area (Å²) in [6, 6.07) is 8.67. The van der Waals surface area contributed by atoms with Crippen molar-refractivity contribution in [3.63, 3.8) is 0 Å². The zero-order valence-corrected chi connectivity index (χ0v) is 8.62. The molecule has 14 heavy (non-hydrogen) atoms. The van der Waals surface area contributed by atoms with E-state index in [0.717, 1.165) is 26.1 Å². The van der Waals surface area contributed by atoms with Gasteiger partial charge < -0.3 is 10.1 Å². The molecule has 1 saturated heterocycles. The summed E-state index contributed by atoms with van der Waals surface area (Å²) < 4.78 is 5.67. The predicted molar refractivity (Wildman–Crippen MR) is 57.3 cm³/mol. The Bertz CT molecular complexity index is 277. The zero-order chi connectivity index (χ0) is 9.80. The van der Waals surface area contributed by atoms with Crippen molar-refractivity contribution in [2.24, 2.45) is 0 Å². The highest BCUT2D eigenvalue weighted by molar-refractivity contribution is 5.21. The molecular weight excluding hydrogens is 174 g/mol. The summed E-state index contributed by atoms with van der Waals surface area (Å²) in [7, 11) is 0. The summed E-state index contributed by atoms with van der Waals surface area (Å²) in [5, 5.41) is 3.19. The number of benzene rings is 1. The van der Waals surface area contributed by atoms with Crippen LogP contribution in [0, 0.1) is 0 Å². The van der Waals surface area contributed by atoms with Gasteiger partial charge in [0.1, 0.15) is 0 Å². The maximum Gasteiger partial charge on any atom is 0.0828 e. The Morgan fingerprint density at radius 2 is 1.86 bits per heavy atom. The fourth-order valence-electron chi connectivity index (χ4n) is 1.47. The Balaban J connectivity index is 1.83. The third-order valence-electron chi connectivity index (χ3n) is 2.66. The van der Waals surface area contributed by atoms with Crippen LogP contribution in [0.1, 0.15) is 18.1 Å². The van der Waals surface area contributed by atoms with Gasteiger partial charge >= 0.3 is 0 Å². The maximum absolute atomic E-state index is 5.67. The SMILES string of the molecule is CCc1ccc(COC2CNC2)cc1. The predicted octanol–water partition coefficient (Wildman–Crippen LogP) is 1.74. The van der Waals surface area contributed by atoms with Crippen LogP contribution in [0.5, 0.6) is 0 Å². The molecule has 1 aliphatic heterocycles. The van der Waals surface area contributed by atoms with Crippen LogP contribution in [0.3, 0.4) is 0 Å². The molecule has 0 atom stereocenters. The number of nitrogens with one attached hydrogen (secondary N) is 1. The number of aryl methyl sites for hydroxylation is 1. The highest BCUT2D eigenvalue weighted by Gasteiger charge is 2.16. The number of hydrogen-bond acceptors (Lipinski definition) is 2. The van der Waals surface area contributed by atoms with Crippen molar-refractivity contribution in [1.82, 2.24) is 5.32 Å². The van der Waals surface area contributed by atoms with Crippen molar-refractivity contribution in [2.75, 3.05) is 13.1 Å². The van der Waals surface area contributed by atoms with Gasteiger partial charge in [-0.3, -0.25) is 0 Å². The van der Waals surface area contributed by atoms with E-state index in [1.54, 1.807) is 0 Å². The molecule has 0 aliphatic carbocycles. The number of rotatable bonds is 4. The van der Waals surface area contributed by atoms with Gasteiger partial charge in [-0.1, -0.05) is 31.2 Å². The summed E-state index contributed by atoms with van der Waals surface area (Å²) in [5.74, 6) is 0. The molecular formula is C12H17NO. The van der Waals surface area contributed by atoms with Gasteiger partial charge in [-0.15, -0.1) is 0 Å². The van der Waals surface area contributed by atoms with E-state index in [0.29, 0.717) is 6.10 Å². The maximum atomic E-state index is 5.67. The minimum Gasteiger partial charge on any atom is -0.371 e. The Hall–Kier alpha value is -0.860. The van der Waals surface area contributed by atoms with Gasteiger partial charge in [0.25, 0.3) is 0 Å². The van der Waals surface area contributed by atoms with Gasteiger partial charge in [0.2, 0.25) is 0 Å². The van der Waals surface area contributed by atoms with Gasteiger partial charge in [0, 0.05) is 13.1 Å². The lowest BCUT2D eigenvalue weighted by atomic mass is 10.1. The van der Waals surface area contributed by atoms with Crippen molar-refractivity contribution < 1.29 is 4.74 Å². The first-order chi connectivity index (χ1) is 6.88. The van der Waals surface area contributed by atoms with E-state index in [-0.39, 0.29) is 0 Å². The normalized spacial score (nSPS) is 16.6. The van der Waals surface area contributed by atoms with Crippen LogP contribution in [0.25, 0.3) is 0 Å². The second-order valence-electron chi connectivity index (χ2n) is 3.76. The lowest BCUT2D eigenvalue weighted by Gasteiger charge is -2.27. The average Bonchev–Trinajstić information content (AvgIpc) is 2.16.